The second-order valence-electron chi connectivity index (χ2n) is 9.23. The molecule has 2 atom stereocenters. The second-order valence-corrected chi connectivity index (χ2v) is 9.23. The van der Waals surface area contributed by atoms with Gasteiger partial charge in [-0.1, -0.05) is 12.1 Å². The first-order valence-electron chi connectivity index (χ1n) is 11.2. The Labute approximate surface area is 186 Å². The van der Waals surface area contributed by atoms with E-state index < -0.39 is 11.9 Å². The van der Waals surface area contributed by atoms with Crippen molar-refractivity contribution in [2.75, 3.05) is 36.0 Å². The Morgan fingerprint density at radius 2 is 2.03 bits per heavy atom. The molecule has 1 amide bonds. The molecular weight excluding hydrogens is 413 g/mol. The number of carbonyl (C=O) groups is 1. The van der Waals surface area contributed by atoms with Gasteiger partial charge < -0.3 is 25.0 Å². The third-order valence-corrected chi connectivity index (χ3v) is 6.86. The second kappa shape index (κ2) is 8.11. The highest BCUT2D eigenvalue weighted by atomic mass is 19.1. The molecular formula is C23H28FN5O3. The number of rotatable bonds is 6. The molecule has 3 heterocycles. The molecule has 3 fully saturated rings. The fraction of sp³-hybridized carbons (Fsp3) is 0.522. The van der Waals surface area contributed by atoms with Crippen LogP contribution in [0.3, 0.4) is 0 Å². The van der Waals surface area contributed by atoms with E-state index >= 15 is 0 Å². The lowest BCUT2D eigenvalue weighted by atomic mass is 10.1. The van der Waals surface area contributed by atoms with Crippen molar-refractivity contribution in [3.8, 4) is 5.75 Å². The lowest BCUT2D eigenvalue weighted by molar-refractivity contribution is 0.191. The van der Waals surface area contributed by atoms with Crippen molar-refractivity contribution in [3.63, 3.8) is 0 Å². The van der Waals surface area contributed by atoms with Crippen LogP contribution in [0.15, 0.2) is 30.5 Å². The number of nitrogens with one attached hydrogen (secondary N) is 1. The molecule has 3 aliphatic rings. The molecule has 1 aromatic carbocycles. The summed E-state index contributed by atoms with van der Waals surface area (Å²) in [6, 6.07) is 7.07. The van der Waals surface area contributed by atoms with Crippen molar-refractivity contribution in [3.05, 3.63) is 41.8 Å². The van der Waals surface area contributed by atoms with Crippen molar-refractivity contribution in [2.24, 2.45) is 5.41 Å². The highest BCUT2D eigenvalue weighted by Gasteiger charge is 2.48. The molecule has 0 unspecified atom stereocenters. The molecule has 0 radical (unpaired) electrons. The first kappa shape index (κ1) is 20.8. The monoisotopic (exact) mass is 441 g/mol. The predicted octanol–water partition coefficient (Wildman–Crippen LogP) is 3.59. The molecule has 9 heteroatoms. The number of aromatic nitrogens is 2. The fourth-order valence-corrected chi connectivity index (χ4v) is 4.73. The summed E-state index contributed by atoms with van der Waals surface area (Å²) in [7, 11) is 0. The van der Waals surface area contributed by atoms with Crippen LogP contribution >= 0.6 is 0 Å². The number of amides is 1. The molecule has 2 aliphatic heterocycles. The van der Waals surface area contributed by atoms with Crippen LogP contribution in [0, 0.1) is 11.2 Å². The van der Waals surface area contributed by atoms with E-state index in [9.17, 15) is 9.18 Å². The van der Waals surface area contributed by atoms with E-state index in [1.807, 2.05) is 29.2 Å². The Morgan fingerprint density at radius 1 is 1.25 bits per heavy atom. The molecule has 2 saturated heterocycles. The average Bonchev–Trinajstić information content (AvgIpc) is 3.16. The van der Waals surface area contributed by atoms with Gasteiger partial charge in [0.2, 0.25) is 5.95 Å². The summed E-state index contributed by atoms with van der Waals surface area (Å²) in [5.41, 5.74) is 1.32. The van der Waals surface area contributed by atoms with Crippen LogP contribution in [0.5, 0.6) is 5.75 Å². The minimum Gasteiger partial charge on any atom is -0.489 e. The van der Waals surface area contributed by atoms with E-state index in [1.165, 1.54) is 25.5 Å². The molecule has 32 heavy (non-hydrogen) atoms. The van der Waals surface area contributed by atoms with Gasteiger partial charge in [-0.25, -0.2) is 14.2 Å². The van der Waals surface area contributed by atoms with Gasteiger partial charge in [-0.05, 0) is 49.3 Å². The molecule has 1 aromatic heterocycles. The van der Waals surface area contributed by atoms with Gasteiger partial charge in [-0.3, -0.25) is 0 Å². The SMILES string of the molecule is C[C@H](NC(=O)O)c1ccc(O[C@@H]2CCN(c3nc(N4CCC5(CC5)C4)ncc3F)C2)cc1. The fourth-order valence-electron chi connectivity index (χ4n) is 4.73. The van der Waals surface area contributed by atoms with Crippen LogP contribution in [0.2, 0.25) is 0 Å². The summed E-state index contributed by atoms with van der Waals surface area (Å²) in [5, 5.41) is 11.3. The minimum atomic E-state index is -1.05. The number of halogens is 1. The molecule has 1 aliphatic carbocycles. The van der Waals surface area contributed by atoms with Gasteiger partial charge in [-0.15, -0.1) is 0 Å². The highest BCUT2D eigenvalue weighted by molar-refractivity contribution is 5.65. The average molecular weight is 442 g/mol. The van der Waals surface area contributed by atoms with E-state index in [-0.39, 0.29) is 12.1 Å². The summed E-state index contributed by atoms with van der Waals surface area (Å²) in [6.07, 6.45) is 4.65. The number of carboxylic acid groups (broad SMARTS) is 1. The van der Waals surface area contributed by atoms with E-state index in [0.717, 1.165) is 25.1 Å². The quantitative estimate of drug-likeness (QED) is 0.708. The zero-order valence-electron chi connectivity index (χ0n) is 18.1. The molecule has 2 N–H and O–H groups in total. The Morgan fingerprint density at radius 3 is 2.72 bits per heavy atom. The van der Waals surface area contributed by atoms with E-state index in [1.54, 1.807) is 6.92 Å². The maximum atomic E-state index is 14.6. The smallest absolute Gasteiger partial charge is 0.405 e. The summed E-state index contributed by atoms with van der Waals surface area (Å²) in [4.78, 5) is 23.7. The van der Waals surface area contributed by atoms with Gasteiger partial charge in [-0.2, -0.15) is 4.98 Å². The number of nitrogens with zero attached hydrogens (tertiary/aromatic N) is 4. The van der Waals surface area contributed by atoms with Gasteiger partial charge in [0.1, 0.15) is 11.9 Å². The molecule has 5 rings (SSSR count). The molecule has 1 saturated carbocycles. The summed E-state index contributed by atoms with van der Waals surface area (Å²) < 4.78 is 20.7. The predicted molar refractivity (Wildman–Crippen MR) is 118 cm³/mol. The van der Waals surface area contributed by atoms with Crippen molar-refractivity contribution in [1.29, 1.82) is 0 Å². The Hall–Kier alpha value is -3.10. The summed E-state index contributed by atoms with van der Waals surface area (Å²) in [6.45, 7) is 4.92. The first-order chi connectivity index (χ1) is 15.4. The molecule has 2 aromatic rings. The largest absolute Gasteiger partial charge is 0.489 e. The van der Waals surface area contributed by atoms with Crippen molar-refractivity contribution in [1.82, 2.24) is 15.3 Å². The van der Waals surface area contributed by atoms with E-state index in [0.29, 0.717) is 36.0 Å². The lowest BCUT2D eigenvalue weighted by Gasteiger charge is -2.22. The zero-order chi connectivity index (χ0) is 22.3. The number of anilines is 2. The summed E-state index contributed by atoms with van der Waals surface area (Å²) in [5.74, 6) is 1.27. The molecule has 170 valence electrons. The Balaban J connectivity index is 1.21. The van der Waals surface area contributed by atoms with Gasteiger partial charge in [0.05, 0.1) is 18.8 Å². The normalized spacial score (nSPS) is 22.2. The van der Waals surface area contributed by atoms with Crippen LogP contribution < -0.4 is 19.9 Å². The standard InChI is InChI=1S/C23H28FN5O3/c1-15(26-22(30)31)16-2-4-17(5-3-16)32-18-6-10-28(13-18)20-19(24)12-25-21(27-20)29-11-9-23(14-29)7-8-23/h2-5,12,15,18,26H,6-11,13-14H2,1H3,(H,30,31)/t15-,18+/m0/s1. The number of benzene rings is 1. The minimum absolute atomic E-state index is 0.0743. The van der Waals surface area contributed by atoms with Crippen LogP contribution in [0.1, 0.15) is 44.2 Å². The number of hydrogen-bond donors (Lipinski definition) is 2. The van der Waals surface area contributed by atoms with Crippen molar-refractivity contribution >= 4 is 17.9 Å². The summed E-state index contributed by atoms with van der Waals surface area (Å²) >= 11 is 0. The van der Waals surface area contributed by atoms with Crippen LogP contribution in [-0.4, -0.2) is 53.5 Å². The Bertz CT molecular complexity index is 998. The van der Waals surface area contributed by atoms with Gasteiger partial charge >= 0.3 is 6.09 Å². The third kappa shape index (κ3) is 4.28. The maximum absolute atomic E-state index is 14.6. The highest BCUT2D eigenvalue weighted by Crippen LogP contribution is 2.53. The lowest BCUT2D eigenvalue weighted by Crippen LogP contribution is -2.28. The number of ether oxygens (including phenoxy) is 1. The number of hydrogen-bond acceptors (Lipinski definition) is 6. The van der Waals surface area contributed by atoms with Crippen LogP contribution in [0.4, 0.5) is 21.0 Å². The van der Waals surface area contributed by atoms with Gasteiger partial charge in [0, 0.05) is 26.1 Å². The van der Waals surface area contributed by atoms with Gasteiger partial charge in [0.15, 0.2) is 11.6 Å². The van der Waals surface area contributed by atoms with E-state index in [4.69, 9.17) is 9.84 Å². The topological polar surface area (TPSA) is 90.8 Å². The van der Waals surface area contributed by atoms with Crippen molar-refractivity contribution in [2.45, 2.75) is 44.8 Å². The van der Waals surface area contributed by atoms with E-state index in [2.05, 4.69) is 20.2 Å². The Kier molecular flexibility index (Phi) is 5.27. The maximum Gasteiger partial charge on any atom is 0.405 e. The zero-order valence-corrected chi connectivity index (χ0v) is 18.1. The van der Waals surface area contributed by atoms with Crippen LogP contribution in [0.25, 0.3) is 0 Å². The third-order valence-electron chi connectivity index (χ3n) is 6.86. The molecule has 0 bridgehead atoms. The molecule has 8 nitrogen and oxygen atoms in total. The van der Waals surface area contributed by atoms with Crippen LogP contribution in [-0.2, 0) is 0 Å². The van der Waals surface area contributed by atoms with Crippen molar-refractivity contribution < 1.29 is 19.0 Å². The van der Waals surface area contributed by atoms with Gasteiger partial charge in [0.25, 0.3) is 0 Å². The molecule has 1 spiro atoms. The first-order valence-corrected chi connectivity index (χ1v) is 11.2.